The van der Waals surface area contributed by atoms with Gasteiger partial charge in [-0.3, -0.25) is 9.69 Å². The zero-order chi connectivity index (χ0) is 13.8. The number of hydrogen-bond donors (Lipinski definition) is 1. The molecule has 1 fully saturated rings. The molecule has 1 saturated heterocycles. The van der Waals surface area contributed by atoms with E-state index in [-0.39, 0.29) is 11.9 Å². The van der Waals surface area contributed by atoms with Gasteiger partial charge in [0.2, 0.25) is 5.91 Å². The number of rotatable bonds is 3. The van der Waals surface area contributed by atoms with Crippen molar-refractivity contribution in [3.63, 3.8) is 0 Å². The molecule has 2 rings (SSSR count). The van der Waals surface area contributed by atoms with Gasteiger partial charge in [0.05, 0.1) is 0 Å². The summed E-state index contributed by atoms with van der Waals surface area (Å²) in [6.45, 7) is 4.61. The third-order valence-corrected chi connectivity index (χ3v) is 3.64. The molecule has 1 aliphatic heterocycles. The highest BCUT2D eigenvalue weighted by Crippen LogP contribution is 2.21. The van der Waals surface area contributed by atoms with Gasteiger partial charge in [-0.15, -0.1) is 0 Å². The lowest BCUT2D eigenvalue weighted by molar-refractivity contribution is -0.122. The van der Waals surface area contributed by atoms with Crippen molar-refractivity contribution in [2.45, 2.75) is 13.0 Å². The number of hydrogen-bond acceptors (Lipinski definition) is 3. The van der Waals surface area contributed by atoms with Crippen LogP contribution in [-0.4, -0.2) is 50.6 Å². The maximum absolute atomic E-state index is 12.7. The van der Waals surface area contributed by atoms with Crippen LogP contribution in [0.1, 0.15) is 6.92 Å². The summed E-state index contributed by atoms with van der Waals surface area (Å²) in [5.74, 6) is 0.656. The monoisotopic (exact) mass is 261 g/mol. The normalized spacial score (nSPS) is 25.4. The van der Waals surface area contributed by atoms with E-state index in [4.69, 9.17) is 0 Å². The predicted molar refractivity (Wildman–Crippen MR) is 78.3 cm³/mol. The summed E-state index contributed by atoms with van der Waals surface area (Å²) in [6, 6.07) is 9.87. The smallest absolute Gasteiger partial charge is 0.245 e. The van der Waals surface area contributed by atoms with Crippen molar-refractivity contribution in [2.24, 2.45) is 5.92 Å². The molecule has 2 atom stereocenters. The van der Waals surface area contributed by atoms with Crippen LogP contribution in [0.2, 0.25) is 0 Å². The Morgan fingerprint density at radius 1 is 1.26 bits per heavy atom. The van der Waals surface area contributed by atoms with Gasteiger partial charge in [-0.25, -0.2) is 0 Å². The van der Waals surface area contributed by atoms with Gasteiger partial charge < -0.3 is 10.2 Å². The number of amides is 1. The molecular formula is C15H23N3O. The third-order valence-electron chi connectivity index (χ3n) is 3.64. The van der Waals surface area contributed by atoms with Crippen LogP contribution in [0.25, 0.3) is 0 Å². The molecule has 0 radical (unpaired) electrons. The number of para-hydroxylation sites is 1. The van der Waals surface area contributed by atoms with Gasteiger partial charge in [0.1, 0.15) is 6.04 Å². The standard InChI is InChI=1S/C15H23N3O/c1-12-10-17(3)14(9-16-2)15(19)18(11-12)13-7-5-4-6-8-13/h4-8,12,14,16H,9-11H2,1-3H3. The molecule has 4 nitrogen and oxygen atoms in total. The molecule has 1 N–H and O–H groups in total. The van der Waals surface area contributed by atoms with Gasteiger partial charge in [-0.2, -0.15) is 0 Å². The van der Waals surface area contributed by atoms with Gasteiger partial charge in [-0.1, -0.05) is 25.1 Å². The van der Waals surface area contributed by atoms with Crippen LogP contribution in [0.4, 0.5) is 5.69 Å². The summed E-state index contributed by atoms with van der Waals surface area (Å²) >= 11 is 0. The van der Waals surface area contributed by atoms with Gasteiger partial charge in [-0.05, 0) is 32.1 Å². The molecule has 0 aromatic heterocycles. The first-order valence-corrected chi connectivity index (χ1v) is 6.84. The third kappa shape index (κ3) is 3.14. The number of benzene rings is 1. The van der Waals surface area contributed by atoms with E-state index in [1.165, 1.54) is 0 Å². The fraction of sp³-hybridized carbons (Fsp3) is 0.533. The van der Waals surface area contributed by atoms with E-state index in [0.29, 0.717) is 12.5 Å². The lowest BCUT2D eigenvalue weighted by Crippen LogP contribution is -2.49. The number of carbonyl (C=O) groups is 1. The second-order valence-corrected chi connectivity index (χ2v) is 5.40. The topological polar surface area (TPSA) is 35.6 Å². The number of likely N-dealkylation sites (N-methyl/N-ethyl adjacent to an activating group) is 2. The molecule has 4 heteroatoms. The SMILES string of the molecule is CNCC1C(=O)N(c2ccccc2)CC(C)CN1C. The zero-order valence-electron chi connectivity index (χ0n) is 12.0. The largest absolute Gasteiger partial charge is 0.318 e. The van der Waals surface area contributed by atoms with E-state index in [1.807, 2.05) is 49.3 Å². The first-order valence-electron chi connectivity index (χ1n) is 6.84. The summed E-state index contributed by atoms with van der Waals surface area (Å²) in [5, 5.41) is 3.12. The number of nitrogens with one attached hydrogen (secondary N) is 1. The molecule has 0 aliphatic carbocycles. The van der Waals surface area contributed by atoms with E-state index in [1.54, 1.807) is 0 Å². The van der Waals surface area contributed by atoms with Crippen LogP contribution in [0.15, 0.2) is 30.3 Å². The van der Waals surface area contributed by atoms with Crippen LogP contribution in [0.5, 0.6) is 0 Å². The molecule has 104 valence electrons. The Balaban J connectivity index is 2.29. The van der Waals surface area contributed by atoms with E-state index in [9.17, 15) is 4.79 Å². The number of nitrogens with zero attached hydrogens (tertiary/aromatic N) is 2. The maximum Gasteiger partial charge on any atom is 0.245 e. The fourth-order valence-corrected chi connectivity index (χ4v) is 2.72. The Morgan fingerprint density at radius 3 is 2.58 bits per heavy atom. The fourth-order valence-electron chi connectivity index (χ4n) is 2.72. The maximum atomic E-state index is 12.7. The number of carbonyl (C=O) groups excluding carboxylic acids is 1. The lowest BCUT2D eigenvalue weighted by Gasteiger charge is -2.27. The van der Waals surface area contributed by atoms with E-state index < -0.39 is 0 Å². The number of anilines is 1. The van der Waals surface area contributed by atoms with E-state index >= 15 is 0 Å². The van der Waals surface area contributed by atoms with E-state index in [2.05, 4.69) is 17.1 Å². The Hall–Kier alpha value is -1.39. The van der Waals surface area contributed by atoms with Crippen molar-refractivity contribution in [1.29, 1.82) is 0 Å². The minimum absolute atomic E-state index is 0.0878. The second kappa shape index (κ2) is 6.17. The van der Waals surface area contributed by atoms with Crippen molar-refractivity contribution in [1.82, 2.24) is 10.2 Å². The Kier molecular flexibility index (Phi) is 4.56. The Labute approximate surface area is 115 Å². The van der Waals surface area contributed by atoms with Crippen molar-refractivity contribution in [3.05, 3.63) is 30.3 Å². The Morgan fingerprint density at radius 2 is 1.95 bits per heavy atom. The van der Waals surface area contributed by atoms with Crippen LogP contribution in [0.3, 0.4) is 0 Å². The van der Waals surface area contributed by atoms with Gasteiger partial charge in [0, 0.05) is 25.3 Å². The van der Waals surface area contributed by atoms with Crippen LogP contribution in [0, 0.1) is 5.92 Å². The molecular weight excluding hydrogens is 238 g/mol. The van der Waals surface area contributed by atoms with Gasteiger partial charge in [0.15, 0.2) is 0 Å². The second-order valence-electron chi connectivity index (χ2n) is 5.40. The summed E-state index contributed by atoms with van der Waals surface area (Å²) in [5.41, 5.74) is 0.996. The van der Waals surface area contributed by atoms with Crippen molar-refractivity contribution in [3.8, 4) is 0 Å². The molecule has 0 saturated carbocycles. The lowest BCUT2D eigenvalue weighted by atomic mass is 10.1. The molecule has 1 aliphatic rings. The minimum Gasteiger partial charge on any atom is -0.318 e. The molecule has 2 unspecified atom stereocenters. The molecule has 0 spiro atoms. The highest BCUT2D eigenvalue weighted by Gasteiger charge is 2.33. The molecule has 1 aromatic rings. The molecule has 19 heavy (non-hydrogen) atoms. The molecule has 1 aromatic carbocycles. The van der Waals surface area contributed by atoms with Crippen LogP contribution in [-0.2, 0) is 4.79 Å². The van der Waals surface area contributed by atoms with Crippen LogP contribution < -0.4 is 10.2 Å². The summed E-state index contributed by atoms with van der Waals surface area (Å²) in [6.07, 6.45) is 0. The van der Waals surface area contributed by atoms with Crippen molar-refractivity contribution in [2.75, 3.05) is 38.6 Å². The Bertz CT molecular complexity index is 421. The average Bonchev–Trinajstić information content (AvgIpc) is 2.51. The summed E-state index contributed by atoms with van der Waals surface area (Å²) in [7, 11) is 3.92. The summed E-state index contributed by atoms with van der Waals surface area (Å²) in [4.78, 5) is 16.8. The predicted octanol–water partition coefficient (Wildman–Crippen LogP) is 1.19. The first-order chi connectivity index (χ1) is 9.13. The van der Waals surface area contributed by atoms with Crippen molar-refractivity contribution >= 4 is 11.6 Å². The summed E-state index contributed by atoms with van der Waals surface area (Å²) < 4.78 is 0. The van der Waals surface area contributed by atoms with Crippen LogP contribution >= 0.6 is 0 Å². The first kappa shape index (κ1) is 14.0. The highest BCUT2D eigenvalue weighted by molar-refractivity contribution is 5.97. The minimum atomic E-state index is -0.0878. The van der Waals surface area contributed by atoms with Gasteiger partial charge in [0.25, 0.3) is 0 Å². The molecule has 1 amide bonds. The highest BCUT2D eigenvalue weighted by atomic mass is 16.2. The van der Waals surface area contributed by atoms with E-state index in [0.717, 1.165) is 18.8 Å². The zero-order valence-corrected chi connectivity index (χ0v) is 12.0. The molecule has 1 heterocycles. The quantitative estimate of drug-likeness (QED) is 0.888. The van der Waals surface area contributed by atoms with Crippen molar-refractivity contribution < 1.29 is 4.79 Å². The average molecular weight is 261 g/mol. The van der Waals surface area contributed by atoms with Gasteiger partial charge >= 0.3 is 0 Å². The molecule has 0 bridgehead atoms.